The molecule has 0 atom stereocenters. The molecule has 0 aliphatic heterocycles. The molecule has 1 rings (SSSR count). The predicted octanol–water partition coefficient (Wildman–Crippen LogP) is 1.48. The van der Waals surface area contributed by atoms with Crippen LogP contribution >= 0.6 is 0 Å². The molecule has 3 N–H and O–H groups in total. The van der Waals surface area contributed by atoms with Crippen molar-refractivity contribution in [3.8, 4) is 0 Å². The molecular formula is C10H18N4. The van der Waals surface area contributed by atoms with E-state index in [0.717, 1.165) is 17.8 Å². The van der Waals surface area contributed by atoms with E-state index in [1.807, 2.05) is 17.8 Å². The summed E-state index contributed by atoms with van der Waals surface area (Å²) in [5.41, 5.74) is 7.09. The van der Waals surface area contributed by atoms with Gasteiger partial charge < -0.3 is 5.73 Å². The molecule has 78 valence electrons. The van der Waals surface area contributed by atoms with Crippen LogP contribution in [0.1, 0.15) is 39.0 Å². The van der Waals surface area contributed by atoms with E-state index in [9.17, 15) is 0 Å². The van der Waals surface area contributed by atoms with Crippen molar-refractivity contribution in [1.29, 1.82) is 5.41 Å². The summed E-state index contributed by atoms with van der Waals surface area (Å²) in [5.74, 6) is 0.0922. The van der Waals surface area contributed by atoms with E-state index in [0.29, 0.717) is 0 Å². The van der Waals surface area contributed by atoms with E-state index in [1.165, 1.54) is 0 Å². The first kappa shape index (κ1) is 10.8. The molecule has 0 unspecified atom stereocenters. The quantitative estimate of drug-likeness (QED) is 0.553. The van der Waals surface area contributed by atoms with E-state index in [-0.39, 0.29) is 11.3 Å². The van der Waals surface area contributed by atoms with Crippen molar-refractivity contribution in [2.45, 2.75) is 39.7 Å². The summed E-state index contributed by atoms with van der Waals surface area (Å²) < 4.78 is 1.82. The molecule has 0 aromatic carbocycles. The second-order valence-corrected chi connectivity index (χ2v) is 4.41. The summed E-state index contributed by atoms with van der Waals surface area (Å²) in [6.07, 6.45) is 1.84. The first-order valence-electron chi connectivity index (χ1n) is 4.78. The molecule has 4 heteroatoms. The zero-order valence-corrected chi connectivity index (χ0v) is 9.26. The number of aromatic nitrogens is 2. The van der Waals surface area contributed by atoms with Gasteiger partial charge in [-0.05, 0) is 6.92 Å². The highest BCUT2D eigenvalue weighted by molar-refractivity contribution is 5.96. The Balaban J connectivity index is 3.26. The lowest BCUT2D eigenvalue weighted by molar-refractivity contribution is 0.540. The Kier molecular flexibility index (Phi) is 2.64. The lowest BCUT2D eigenvalue weighted by Gasteiger charge is -2.16. The van der Waals surface area contributed by atoms with E-state index in [1.54, 1.807) is 0 Å². The van der Waals surface area contributed by atoms with Gasteiger partial charge in [0.15, 0.2) is 0 Å². The Morgan fingerprint density at radius 1 is 1.57 bits per heavy atom. The zero-order valence-electron chi connectivity index (χ0n) is 9.26. The van der Waals surface area contributed by atoms with Gasteiger partial charge in [-0.15, -0.1) is 0 Å². The largest absolute Gasteiger partial charge is 0.384 e. The Bertz CT molecular complexity index is 343. The molecule has 0 saturated carbocycles. The Hall–Kier alpha value is -1.32. The van der Waals surface area contributed by atoms with Gasteiger partial charge in [0.2, 0.25) is 0 Å². The van der Waals surface area contributed by atoms with Gasteiger partial charge in [-0.1, -0.05) is 20.8 Å². The molecule has 0 bridgehead atoms. The number of aryl methyl sites for hydroxylation is 1. The molecule has 4 nitrogen and oxygen atoms in total. The molecule has 0 radical (unpaired) electrons. The normalized spacial score (nSPS) is 11.7. The van der Waals surface area contributed by atoms with Crippen LogP contribution < -0.4 is 5.73 Å². The number of nitrogens with one attached hydrogen (secondary N) is 1. The van der Waals surface area contributed by atoms with Crippen LogP contribution in [0, 0.1) is 5.41 Å². The fourth-order valence-corrected chi connectivity index (χ4v) is 1.33. The van der Waals surface area contributed by atoms with E-state index < -0.39 is 0 Å². The van der Waals surface area contributed by atoms with Crippen LogP contribution in [0.3, 0.4) is 0 Å². The van der Waals surface area contributed by atoms with Gasteiger partial charge in [0.25, 0.3) is 0 Å². The SMILES string of the molecule is CCn1cc(C(=N)N)c(C(C)(C)C)n1. The number of nitrogens with two attached hydrogens (primary N) is 1. The summed E-state index contributed by atoms with van der Waals surface area (Å²) in [6, 6.07) is 0. The fourth-order valence-electron chi connectivity index (χ4n) is 1.33. The molecule has 0 fully saturated rings. The summed E-state index contributed by atoms with van der Waals surface area (Å²) in [4.78, 5) is 0. The summed E-state index contributed by atoms with van der Waals surface area (Å²) in [7, 11) is 0. The fraction of sp³-hybridized carbons (Fsp3) is 0.600. The second-order valence-electron chi connectivity index (χ2n) is 4.41. The third-order valence-electron chi connectivity index (χ3n) is 2.09. The number of hydrogen-bond acceptors (Lipinski definition) is 2. The number of nitrogen functional groups attached to an aromatic ring is 1. The lowest BCUT2D eigenvalue weighted by Crippen LogP contribution is -2.20. The second kappa shape index (κ2) is 3.44. The van der Waals surface area contributed by atoms with Crippen molar-refractivity contribution >= 4 is 5.84 Å². The highest BCUT2D eigenvalue weighted by atomic mass is 15.3. The van der Waals surface area contributed by atoms with E-state index in [2.05, 4.69) is 25.9 Å². The Labute approximate surface area is 84.6 Å². The maximum atomic E-state index is 7.47. The minimum absolute atomic E-state index is 0.0680. The summed E-state index contributed by atoms with van der Waals surface area (Å²) in [5, 5.41) is 11.9. The van der Waals surface area contributed by atoms with E-state index in [4.69, 9.17) is 11.1 Å². The summed E-state index contributed by atoms with van der Waals surface area (Å²) >= 11 is 0. The van der Waals surface area contributed by atoms with Gasteiger partial charge in [0, 0.05) is 18.2 Å². The Morgan fingerprint density at radius 2 is 2.14 bits per heavy atom. The van der Waals surface area contributed by atoms with Gasteiger partial charge in [-0.3, -0.25) is 10.1 Å². The van der Waals surface area contributed by atoms with Gasteiger partial charge >= 0.3 is 0 Å². The molecule has 0 aliphatic carbocycles. The van der Waals surface area contributed by atoms with Gasteiger partial charge in [-0.2, -0.15) is 5.10 Å². The van der Waals surface area contributed by atoms with Crippen molar-refractivity contribution in [2.75, 3.05) is 0 Å². The first-order valence-corrected chi connectivity index (χ1v) is 4.78. The Morgan fingerprint density at radius 3 is 2.43 bits per heavy atom. The van der Waals surface area contributed by atoms with Crippen LogP contribution in [-0.2, 0) is 12.0 Å². The number of nitrogens with zero attached hydrogens (tertiary/aromatic N) is 2. The zero-order chi connectivity index (χ0) is 10.9. The first-order chi connectivity index (χ1) is 6.36. The number of amidine groups is 1. The minimum atomic E-state index is -0.0680. The number of rotatable bonds is 2. The minimum Gasteiger partial charge on any atom is -0.384 e. The molecule has 1 aromatic rings. The van der Waals surface area contributed by atoms with Crippen molar-refractivity contribution in [1.82, 2.24) is 9.78 Å². The van der Waals surface area contributed by atoms with Gasteiger partial charge in [0.1, 0.15) is 5.84 Å². The van der Waals surface area contributed by atoms with Gasteiger partial charge in [0.05, 0.1) is 11.3 Å². The van der Waals surface area contributed by atoms with Crippen molar-refractivity contribution in [3.63, 3.8) is 0 Å². The smallest absolute Gasteiger partial charge is 0.126 e. The lowest BCUT2D eigenvalue weighted by atomic mass is 9.89. The third kappa shape index (κ3) is 1.95. The van der Waals surface area contributed by atoms with Crippen LogP contribution in [0.25, 0.3) is 0 Å². The van der Waals surface area contributed by atoms with E-state index >= 15 is 0 Å². The average Bonchev–Trinajstić information content (AvgIpc) is 2.46. The van der Waals surface area contributed by atoms with Crippen LogP contribution in [-0.4, -0.2) is 15.6 Å². The van der Waals surface area contributed by atoms with Crippen LogP contribution in [0.4, 0.5) is 0 Å². The molecule has 14 heavy (non-hydrogen) atoms. The maximum absolute atomic E-state index is 7.47. The molecule has 0 spiro atoms. The van der Waals surface area contributed by atoms with Crippen molar-refractivity contribution in [3.05, 3.63) is 17.5 Å². The highest BCUT2D eigenvalue weighted by Gasteiger charge is 2.23. The predicted molar refractivity (Wildman–Crippen MR) is 57.6 cm³/mol. The topological polar surface area (TPSA) is 67.7 Å². The standard InChI is InChI=1S/C10H18N4/c1-5-14-6-7(9(11)12)8(13-14)10(2,3)4/h6H,5H2,1-4H3,(H3,11,12). The molecule has 0 saturated heterocycles. The number of hydrogen-bond donors (Lipinski definition) is 2. The molecule has 0 aliphatic rings. The average molecular weight is 194 g/mol. The summed E-state index contributed by atoms with van der Waals surface area (Å²) in [6.45, 7) is 9.03. The van der Waals surface area contributed by atoms with Crippen LogP contribution in [0.2, 0.25) is 0 Å². The monoisotopic (exact) mass is 194 g/mol. The maximum Gasteiger partial charge on any atom is 0.126 e. The van der Waals surface area contributed by atoms with Crippen molar-refractivity contribution < 1.29 is 0 Å². The van der Waals surface area contributed by atoms with Crippen molar-refractivity contribution in [2.24, 2.45) is 5.73 Å². The third-order valence-corrected chi connectivity index (χ3v) is 2.09. The molecule has 1 heterocycles. The molecular weight excluding hydrogens is 176 g/mol. The van der Waals surface area contributed by atoms with Gasteiger partial charge in [-0.25, -0.2) is 0 Å². The molecule has 1 aromatic heterocycles. The highest BCUT2D eigenvalue weighted by Crippen LogP contribution is 2.23. The van der Waals surface area contributed by atoms with Crippen LogP contribution in [0.5, 0.6) is 0 Å². The van der Waals surface area contributed by atoms with Crippen LogP contribution in [0.15, 0.2) is 6.20 Å². The molecule has 0 amide bonds.